The first-order chi connectivity index (χ1) is 7.80. The molecule has 0 aromatic rings. The Morgan fingerprint density at radius 2 is 2.06 bits per heavy atom. The molecule has 0 radical (unpaired) electrons. The lowest BCUT2D eigenvalue weighted by molar-refractivity contribution is -0.141. The number of rotatable bonds is 5. The third-order valence-electron chi connectivity index (χ3n) is 4.90. The molecule has 0 aromatic carbocycles. The average molecular weight is 238 g/mol. The van der Waals surface area contributed by atoms with E-state index in [1.54, 1.807) is 0 Å². The van der Waals surface area contributed by atoms with E-state index in [9.17, 15) is 4.79 Å². The summed E-state index contributed by atoms with van der Waals surface area (Å²) in [5, 5.41) is 9.11. The second-order valence-corrected chi connectivity index (χ2v) is 6.16. The van der Waals surface area contributed by atoms with Crippen LogP contribution in [-0.2, 0) is 4.79 Å². The van der Waals surface area contributed by atoms with Crippen LogP contribution in [0, 0.1) is 23.2 Å². The summed E-state index contributed by atoms with van der Waals surface area (Å²) in [4.78, 5) is 11.1. The lowest BCUT2D eigenvalue weighted by atomic mass is 9.72. The van der Waals surface area contributed by atoms with Crippen molar-refractivity contribution in [2.24, 2.45) is 23.2 Å². The Balaban J connectivity index is 2.68. The Kier molecular flexibility index (Phi) is 4.40. The minimum Gasteiger partial charge on any atom is -0.481 e. The zero-order chi connectivity index (χ0) is 13.2. The normalized spacial score (nSPS) is 28.9. The smallest absolute Gasteiger partial charge is 0.306 e. The highest BCUT2D eigenvalue weighted by Gasteiger charge is 2.41. The second-order valence-electron chi connectivity index (χ2n) is 6.16. The van der Waals surface area contributed by atoms with E-state index in [4.69, 9.17) is 5.11 Å². The average Bonchev–Trinajstić information content (AvgIpc) is 2.50. The minimum atomic E-state index is -0.683. The highest BCUT2D eigenvalue weighted by molar-refractivity contribution is 5.70. The van der Waals surface area contributed by atoms with E-state index in [0.717, 1.165) is 5.57 Å². The summed E-state index contributed by atoms with van der Waals surface area (Å²) in [6.07, 6.45) is 3.74. The van der Waals surface area contributed by atoms with Crippen molar-refractivity contribution in [3.8, 4) is 0 Å². The number of carbonyl (C=O) groups is 1. The summed E-state index contributed by atoms with van der Waals surface area (Å²) in [7, 11) is 0. The van der Waals surface area contributed by atoms with E-state index in [-0.39, 0.29) is 11.3 Å². The lowest BCUT2D eigenvalue weighted by Crippen LogP contribution is -2.26. The first-order valence-electron chi connectivity index (χ1n) is 6.71. The highest BCUT2D eigenvalue weighted by atomic mass is 16.4. The monoisotopic (exact) mass is 238 g/mol. The molecule has 0 aromatic heterocycles. The summed E-state index contributed by atoms with van der Waals surface area (Å²) in [5.74, 6) is 0.256. The van der Waals surface area contributed by atoms with Gasteiger partial charge in [-0.05, 0) is 42.9 Å². The van der Waals surface area contributed by atoms with Gasteiger partial charge >= 0.3 is 5.97 Å². The maximum Gasteiger partial charge on any atom is 0.306 e. The molecule has 1 aliphatic carbocycles. The molecule has 0 aliphatic heterocycles. The van der Waals surface area contributed by atoms with Crippen molar-refractivity contribution in [1.82, 2.24) is 0 Å². The van der Waals surface area contributed by atoms with Crippen LogP contribution in [-0.4, -0.2) is 11.1 Å². The number of allylic oxidation sites excluding steroid dienone is 1. The Labute approximate surface area is 105 Å². The van der Waals surface area contributed by atoms with Crippen LogP contribution in [0.4, 0.5) is 0 Å². The van der Waals surface area contributed by atoms with E-state index in [1.165, 1.54) is 12.8 Å². The summed E-state index contributed by atoms with van der Waals surface area (Å²) >= 11 is 0. The number of aliphatic carboxylic acids is 1. The molecule has 1 saturated carbocycles. The topological polar surface area (TPSA) is 37.3 Å². The van der Waals surface area contributed by atoms with E-state index in [2.05, 4.69) is 27.4 Å². The van der Waals surface area contributed by atoms with Crippen LogP contribution >= 0.6 is 0 Å². The van der Waals surface area contributed by atoms with Crippen molar-refractivity contribution < 1.29 is 9.90 Å². The third-order valence-corrected chi connectivity index (χ3v) is 4.90. The molecular weight excluding hydrogens is 212 g/mol. The fraction of sp³-hybridized carbons (Fsp3) is 0.800. The molecule has 0 bridgehead atoms. The molecule has 1 N–H and O–H groups in total. The highest BCUT2D eigenvalue weighted by Crippen LogP contribution is 2.50. The van der Waals surface area contributed by atoms with Crippen LogP contribution in [0.15, 0.2) is 12.2 Å². The SMILES string of the molecule is C=C(C[C@@H](CC)C(=O)O)C1CCC(C)C1(C)C. The van der Waals surface area contributed by atoms with Gasteiger partial charge in [0.1, 0.15) is 0 Å². The summed E-state index contributed by atoms with van der Waals surface area (Å²) in [6, 6.07) is 0. The van der Waals surface area contributed by atoms with Crippen molar-refractivity contribution in [2.45, 2.75) is 53.4 Å². The molecule has 0 heterocycles. The fourth-order valence-corrected chi connectivity index (χ4v) is 3.10. The maximum absolute atomic E-state index is 11.1. The quantitative estimate of drug-likeness (QED) is 0.732. The summed E-state index contributed by atoms with van der Waals surface area (Å²) in [5.41, 5.74) is 1.42. The van der Waals surface area contributed by atoms with E-state index in [0.29, 0.717) is 24.7 Å². The number of carboxylic acid groups (broad SMARTS) is 1. The molecule has 2 nitrogen and oxygen atoms in total. The van der Waals surface area contributed by atoms with Crippen LogP contribution < -0.4 is 0 Å². The first kappa shape index (κ1) is 14.3. The Morgan fingerprint density at radius 1 is 1.47 bits per heavy atom. The van der Waals surface area contributed by atoms with Crippen LogP contribution in [0.5, 0.6) is 0 Å². The van der Waals surface area contributed by atoms with Gasteiger partial charge in [0.2, 0.25) is 0 Å². The molecule has 1 aliphatic rings. The van der Waals surface area contributed by atoms with Gasteiger partial charge in [-0.3, -0.25) is 4.79 Å². The summed E-state index contributed by atoms with van der Waals surface area (Å²) < 4.78 is 0. The lowest BCUT2D eigenvalue weighted by Gasteiger charge is -2.33. The number of hydrogen-bond donors (Lipinski definition) is 1. The first-order valence-corrected chi connectivity index (χ1v) is 6.71. The van der Waals surface area contributed by atoms with Gasteiger partial charge in [-0.15, -0.1) is 0 Å². The van der Waals surface area contributed by atoms with Gasteiger partial charge in [0.25, 0.3) is 0 Å². The van der Waals surface area contributed by atoms with Crippen molar-refractivity contribution >= 4 is 5.97 Å². The molecule has 2 heteroatoms. The molecule has 0 spiro atoms. The van der Waals surface area contributed by atoms with Gasteiger partial charge < -0.3 is 5.11 Å². The molecular formula is C15H26O2. The molecule has 17 heavy (non-hydrogen) atoms. The largest absolute Gasteiger partial charge is 0.481 e. The van der Waals surface area contributed by atoms with Gasteiger partial charge in [-0.2, -0.15) is 0 Å². The van der Waals surface area contributed by atoms with Crippen LogP contribution in [0.2, 0.25) is 0 Å². The van der Waals surface area contributed by atoms with Gasteiger partial charge in [0, 0.05) is 0 Å². The Morgan fingerprint density at radius 3 is 2.41 bits per heavy atom. The van der Waals surface area contributed by atoms with Crippen LogP contribution in [0.3, 0.4) is 0 Å². The molecule has 98 valence electrons. The predicted molar refractivity (Wildman–Crippen MR) is 70.8 cm³/mol. The van der Waals surface area contributed by atoms with Crippen molar-refractivity contribution in [2.75, 3.05) is 0 Å². The second kappa shape index (κ2) is 5.24. The number of hydrogen-bond acceptors (Lipinski definition) is 1. The Hall–Kier alpha value is -0.790. The maximum atomic E-state index is 11.1. The van der Waals surface area contributed by atoms with E-state index >= 15 is 0 Å². The Bertz CT molecular complexity index is 304. The fourth-order valence-electron chi connectivity index (χ4n) is 3.10. The molecule has 1 fully saturated rings. The zero-order valence-electron chi connectivity index (χ0n) is 11.6. The standard InChI is InChI=1S/C15H26O2/c1-6-12(14(16)17)9-10(2)13-8-7-11(3)15(13,4)5/h11-13H,2,6-9H2,1,3-5H3,(H,16,17)/t11?,12-,13?/m1/s1. The van der Waals surface area contributed by atoms with Crippen LogP contribution in [0.1, 0.15) is 53.4 Å². The van der Waals surface area contributed by atoms with Crippen molar-refractivity contribution in [3.05, 3.63) is 12.2 Å². The molecule has 0 amide bonds. The van der Waals surface area contributed by atoms with Gasteiger partial charge in [-0.25, -0.2) is 0 Å². The molecule has 2 unspecified atom stereocenters. The van der Waals surface area contributed by atoms with Crippen molar-refractivity contribution in [1.29, 1.82) is 0 Å². The predicted octanol–water partition coefficient (Wildman–Crippen LogP) is 4.12. The third kappa shape index (κ3) is 2.91. The minimum absolute atomic E-state index is 0.255. The van der Waals surface area contributed by atoms with Crippen molar-refractivity contribution in [3.63, 3.8) is 0 Å². The van der Waals surface area contributed by atoms with Gasteiger partial charge in [0.05, 0.1) is 5.92 Å². The molecule has 3 atom stereocenters. The summed E-state index contributed by atoms with van der Waals surface area (Å²) in [6.45, 7) is 13.0. The van der Waals surface area contributed by atoms with Crippen LogP contribution in [0.25, 0.3) is 0 Å². The van der Waals surface area contributed by atoms with E-state index < -0.39 is 5.97 Å². The zero-order valence-corrected chi connectivity index (χ0v) is 11.6. The molecule has 0 saturated heterocycles. The van der Waals surface area contributed by atoms with Gasteiger partial charge in [0.15, 0.2) is 0 Å². The van der Waals surface area contributed by atoms with E-state index in [1.807, 2.05) is 6.92 Å². The number of carboxylic acids is 1. The molecule has 1 rings (SSSR count). The van der Waals surface area contributed by atoms with Gasteiger partial charge in [-0.1, -0.05) is 39.8 Å².